The molecule has 0 nitrogen and oxygen atoms in total. The van der Waals surface area contributed by atoms with Crippen LogP contribution in [0.2, 0.25) is 0 Å². The number of rotatable bonds is 7. The lowest BCUT2D eigenvalue weighted by molar-refractivity contribution is -0.466. The van der Waals surface area contributed by atoms with E-state index < -0.39 is 59.5 Å². The van der Waals surface area contributed by atoms with E-state index in [0.29, 0.717) is 0 Å². The number of hydrogen-bond donors (Lipinski definition) is 0. The molecule has 0 aromatic rings. The van der Waals surface area contributed by atoms with Crippen molar-refractivity contribution in [1.29, 1.82) is 0 Å². The highest BCUT2D eigenvalue weighted by molar-refractivity contribution is 5.19. The minimum atomic E-state index is -8.94. The zero-order chi connectivity index (χ0) is 25.2. The van der Waals surface area contributed by atoms with Gasteiger partial charge in [0.15, 0.2) is 0 Å². The van der Waals surface area contributed by atoms with Crippen LogP contribution in [0.3, 0.4) is 0 Å². The summed E-state index contributed by atoms with van der Waals surface area (Å²) in [5, 5.41) is 0. The lowest BCUT2D eigenvalue weighted by Gasteiger charge is -2.43. The summed E-state index contributed by atoms with van der Waals surface area (Å²) in [4.78, 5) is 0. The van der Waals surface area contributed by atoms with Crippen LogP contribution in [-0.4, -0.2) is 53.6 Å². The van der Waals surface area contributed by atoms with Gasteiger partial charge in [-0.2, -0.15) is 83.4 Å². The van der Waals surface area contributed by atoms with Gasteiger partial charge in [-0.15, -0.1) is 0 Å². The Bertz CT molecular complexity index is 686. The lowest BCUT2D eigenvalue weighted by atomic mass is 9.87. The molecule has 0 atom stereocenters. The molecule has 0 aliphatic heterocycles. The summed E-state index contributed by atoms with van der Waals surface area (Å²) in [6.07, 6.45) is -2.37. The first-order valence-electron chi connectivity index (χ1n) is 6.09. The minimum Gasteiger partial charge on any atom is -0.192 e. The van der Waals surface area contributed by atoms with Crippen LogP contribution in [0.5, 0.6) is 0 Å². The molecule has 0 rings (SSSR count). The van der Waals surface area contributed by atoms with E-state index in [9.17, 15) is 83.4 Å². The fraction of sp³-hybridized carbons (Fsp3) is 0.818. The lowest BCUT2D eigenvalue weighted by Crippen LogP contribution is -2.75. The van der Waals surface area contributed by atoms with Gasteiger partial charge in [-0.3, -0.25) is 0 Å². The fourth-order valence-electron chi connectivity index (χ4n) is 1.44. The quantitative estimate of drug-likeness (QED) is 0.292. The van der Waals surface area contributed by atoms with E-state index in [-0.39, 0.29) is 0 Å². The second kappa shape index (κ2) is 6.61. The smallest absolute Gasteiger partial charge is 0.192 e. The summed E-state index contributed by atoms with van der Waals surface area (Å²) in [7, 11) is 0. The van der Waals surface area contributed by atoms with Gasteiger partial charge in [-0.05, 0) is 12.3 Å². The van der Waals surface area contributed by atoms with Gasteiger partial charge in [0.2, 0.25) is 0 Å². The molecule has 0 amide bonds. The van der Waals surface area contributed by atoms with Crippen molar-refractivity contribution in [2.75, 3.05) is 0 Å². The molecule has 0 aromatic carbocycles. The van der Waals surface area contributed by atoms with Crippen molar-refractivity contribution in [1.82, 2.24) is 0 Å². The van der Waals surface area contributed by atoms with E-state index in [0.717, 1.165) is 0 Å². The number of alkyl halides is 19. The Kier molecular flexibility index (Phi) is 6.22. The SMILES string of the molecule is [C]#CC(F)(F)C(F)(F)C(F)(F)C(F)(F)C(F)(F)C(F)(F)C(F)(F)C(F)(F)C(F)(F)F. The van der Waals surface area contributed by atoms with Gasteiger partial charge in [0, 0.05) is 0 Å². The van der Waals surface area contributed by atoms with Gasteiger partial charge in [-0.25, -0.2) is 0 Å². The first-order valence-corrected chi connectivity index (χ1v) is 6.09. The van der Waals surface area contributed by atoms with Crippen LogP contribution in [0.4, 0.5) is 83.4 Å². The standard InChI is InChI=1S/C11F19/c1-2-3(12,13)4(14,15)5(16,17)6(18,19)7(20,21)8(22,23)9(24,25)10(26,27)11(28,29)30. The number of hydrogen-bond acceptors (Lipinski definition) is 0. The van der Waals surface area contributed by atoms with Crippen LogP contribution in [0, 0.1) is 12.3 Å². The molecule has 0 aromatic heterocycles. The summed E-state index contributed by atoms with van der Waals surface area (Å²) in [5.41, 5.74) is 0. The Morgan fingerprint density at radius 2 is 0.533 bits per heavy atom. The second-order valence-corrected chi connectivity index (χ2v) is 5.22. The molecule has 0 fully saturated rings. The van der Waals surface area contributed by atoms with E-state index in [1.165, 1.54) is 0 Å². The molecular formula is C11F19. The molecule has 0 saturated heterocycles. The zero-order valence-electron chi connectivity index (χ0n) is 12.7. The van der Waals surface area contributed by atoms with Crippen molar-refractivity contribution in [3.8, 4) is 5.92 Å². The van der Waals surface area contributed by atoms with Crippen molar-refractivity contribution in [2.24, 2.45) is 0 Å². The number of halogens is 19. The van der Waals surface area contributed by atoms with Gasteiger partial charge < -0.3 is 0 Å². The van der Waals surface area contributed by atoms with Crippen LogP contribution in [-0.2, 0) is 0 Å². The predicted molar refractivity (Wildman–Crippen MR) is 52.8 cm³/mol. The van der Waals surface area contributed by atoms with Gasteiger partial charge in [0.05, 0.1) is 0 Å². The van der Waals surface area contributed by atoms with E-state index >= 15 is 0 Å². The normalized spacial score (nSPS) is 16.5. The second-order valence-electron chi connectivity index (χ2n) is 5.22. The van der Waals surface area contributed by atoms with Crippen LogP contribution < -0.4 is 0 Å². The molecule has 0 saturated carbocycles. The molecule has 0 N–H and O–H groups in total. The van der Waals surface area contributed by atoms with Gasteiger partial charge >= 0.3 is 53.6 Å². The van der Waals surface area contributed by atoms with Crippen molar-refractivity contribution in [3.63, 3.8) is 0 Å². The summed E-state index contributed by atoms with van der Waals surface area (Å²) in [5.74, 6) is -68.1. The molecule has 0 unspecified atom stereocenters. The van der Waals surface area contributed by atoms with Crippen molar-refractivity contribution < 1.29 is 83.4 Å². The maximum atomic E-state index is 13.1. The van der Waals surface area contributed by atoms with Gasteiger partial charge in [0.25, 0.3) is 0 Å². The molecule has 0 aliphatic carbocycles. The topological polar surface area (TPSA) is 0 Å². The largest absolute Gasteiger partial charge is 0.460 e. The van der Waals surface area contributed by atoms with Crippen molar-refractivity contribution in [3.05, 3.63) is 6.42 Å². The zero-order valence-corrected chi connectivity index (χ0v) is 12.7. The fourth-order valence-corrected chi connectivity index (χ4v) is 1.44. The third-order valence-electron chi connectivity index (χ3n) is 3.27. The molecule has 0 bridgehead atoms. The Hall–Kier alpha value is -1.77. The van der Waals surface area contributed by atoms with Crippen LogP contribution in [0.25, 0.3) is 0 Å². The molecule has 0 aliphatic rings. The first-order chi connectivity index (χ1) is 12.6. The van der Waals surface area contributed by atoms with Gasteiger partial charge in [0.1, 0.15) is 0 Å². The molecule has 19 heteroatoms. The van der Waals surface area contributed by atoms with Gasteiger partial charge in [-0.1, -0.05) is 0 Å². The molecule has 177 valence electrons. The highest BCUT2D eigenvalue weighted by atomic mass is 19.4. The first kappa shape index (κ1) is 28.2. The van der Waals surface area contributed by atoms with Crippen LogP contribution >= 0.6 is 0 Å². The molecule has 0 heterocycles. The third-order valence-corrected chi connectivity index (χ3v) is 3.27. The van der Waals surface area contributed by atoms with E-state index in [1.807, 2.05) is 0 Å². The summed E-state index contributed by atoms with van der Waals surface area (Å²) in [6, 6.07) is 0. The van der Waals surface area contributed by atoms with E-state index in [2.05, 4.69) is 0 Å². The molecular weight excluding hydrogens is 493 g/mol. The van der Waals surface area contributed by atoms with Crippen LogP contribution in [0.15, 0.2) is 0 Å². The average molecular weight is 493 g/mol. The van der Waals surface area contributed by atoms with Crippen molar-refractivity contribution in [2.45, 2.75) is 53.6 Å². The van der Waals surface area contributed by atoms with Crippen molar-refractivity contribution >= 4 is 0 Å². The molecule has 0 spiro atoms. The van der Waals surface area contributed by atoms with E-state index in [4.69, 9.17) is 6.42 Å². The Balaban J connectivity index is 6.90. The predicted octanol–water partition coefficient (Wildman–Crippen LogP) is 6.22. The molecule has 1 radical (unpaired) electrons. The van der Waals surface area contributed by atoms with Crippen LogP contribution in [0.1, 0.15) is 0 Å². The summed E-state index contributed by atoms with van der Waals surface area (Å²) < 4.78 is 241. The summed E-state index contributed by atoms with van der Waals surface area (Å²) in [6.45, 7) is 0. The molecule has 30 heavy (non-hydrogen) atoms. The highest BCUT2D eigenvalue weighted by Gasteiger charge is 2.96. The Labute approximate surface area is 151 Å². The maximum Gasteiger partial charge on any atom is 0.460 e. The Morgan fingerprint density at radius 1 is 0.333 bits per heavy atom. The average Bonchev–Trinajstić information content (AvgIpc) is 2.52. The third kappa shape index (κ3) is 3.11. The summed E-state index contributed by atoms with van der Waals surface area (Å²) >= 11 is 0. The minimum absolute atomic E-state index is 0.872. The van der Waals surface area contributed by atoms with E-state index in [1.54, 1.807) is 0 Å². The maximum absolute atomic E-state index is 13.1. The monoisotopic (exact) mass is 493 g/mol. The Morgan fingerprint density at radius 3 is 0.733 bits per heavy atom. The highest BCUT2D eigenvalue weighted by Crippen LogP contribution is 2.65.